The minimum Gasteiger partial charge on any atom is -0.504 e. The van der Waals surface area contributed by atoms with Crippen molar-refractivity contribution < 1.29 is 34.5 Å². The average Bonchev–Trinajstić information content (AvgIpc) is 2.65. The number of ether oxygens (including phenoxy) is 2. The van der Waals surface area contributed by atoms with E-state index in [-0.39, 0.29) is 34.6 Å². The highest BCUT2D eigenvalue weighted by Gasteiger charge is 2.49. The minimum absolute atomic E-state index is 0.00914. The highest BCUT2D eigenvalue weighted by molar-refractivity contribution is 6.61. The minimum atomic E-state index is -2.07. The Morgan fingerprint density at radius 3 is 2.52 bits per heavy atom. The van der Waals surface area contributed by atoms with Crippen molar-refractivity contribution in [3.63, 3.8) is 0 Å². The van der Waals surface area contributed by atoms with Gasteiger partial charge in [-0.25, -0.2) is 0 Å². The van der Waals surface area contributed by atoms with E-state index in [2.05, 4.69) is 27.4 Å². The highest BCUT2D eigenvalue weighted by Crippen LogP contribution is 2.59. The predicted molar refractivity (Wildman–Crippen MR) is 118 cm³/mol. The maximum atomic E-state index is 11.7. The molecule has 2 aliphatic rings. The first-order valence-corrected chi connectivity index (χ1v) is 10.8. The predicted octanol–water partition coefficient (Wildman–Crippen LogP) is 2.73. The molecule has 1 unspecified atom stereocenters. The summed E-state index contributed by atoms with van der Waals surface area (Å²) in [5, 5.41) is 40.5. The molecule has 1 aromatic carbocycles. The molecular weight excluding hydrogens is 399 g/mol. The SMILES string of the molecule is C=C1c2cc(O)c(O)c(B(O)O)c2OCC(OC(C)=O)CC[C@@H]2C(C)(C)CCC[C@@]12C. The normalized spacial score (nSPS) is 28.0. The Labute approximate surface area is 183 Å². The number of carbonyl (C=O) groups is 1. The van der Waals surface area contributed by atoms with Crippen LogP contribution in [0, 0.1) is 16.7 Å². The van der Waals surface area contributed by atoms with Crippen LogP contribution >= 0.6 is 0 Å². The molecular formula is C23H33BO7. The molecule has 4 N–H and O–H groups in total. The van der Waals surface area contributed by atoms with Crippen molar-refractivity contribution in [2.24, 2.45) is 16.7 Å². The molecule has 1 saturated carbocycles. The Morgan fingerprint density at radius 1 is 1.23 bits per heavy atom. The lowest BCUT2D eigenvalue weighted by Gasteiger charge is -2.53. The van der Waals surface area contributed by atoms with Crippen LogP contribution in [0.1, 0.15) is 65.4 Å². The van der Waals surface area contributed by atoms with Crippen LogP contribution in [0.5, 0.6) is 17.2 Å². The molecule has 0 bridgehead atoms. The Kier molecular flexibility index (Phi) is 6.36. The molecule has 3 rings (SSSR count). The van der Waals surface area contributed by atoms with E-state index in [1.165, 1.54) is 13.0 Å². The fourth-order valence-corrected chi connectivity index (χ4v) is 5.72. The van der Waals surface area contributed by atoms with Crippen molar-refractivity contribution in [3.8, 4) is 17.2 Å². The molecule has 1 aromatic rings. The largest absolute Gasteiger partial charge is 0.504 e. The van der Waals surface area contributed by atoms with Crippen molar-refractivity contribution in [2.75, 3.05) is 6.61 Å². The zero-order chi connectivity index (χ0) is 23.1. The number of esters is 1. The number of benzene rings is 1. The van der Waals surface area contributed by atoms with Crippen LogP contribution < -0.4 is 10.2 Å². The topological polar surface area (TPSA) is 116 Å². The van der Waals surface area contributed by atoms with Gasteiger partial charge in [0, 0.05) is 12.5 Å². The Hall–Kier alpha value is -2.19. The van der Waals surface area contributed by atoms with Gasteiger partial charge in [-0.05, 0) is 54.1 Å². The summed E-state index contributed by atoms with van der Waals surface area (Å²) in [6.07, 6.45) is 3.80. The molecule has 7 nitrogen and oxygen atoms in total. The van der Waals surface area contributed by atoms with Gasteiger partial charge in [0.1, 0.15) is 18.5 Å². The van der Waals surface area contributed by atoms with Gasteiger partial charge in [-0.1, -0.05) is 33.8 Å². The summed E-state index contributed by atoms with van der Waals surface area (Å²) in [7, 11) is -2.07. The van der Waals surface area contributed by atoms with E-state index in [0.29, 0.717) is 12.0 Å². The van der Waals surface area contributed by atoms with Crippen LogP contribution in [0.3, 0.4) is 0 Å². The van der Waals surface area contributed by atoms with Crippen molar-refractivity contribution in [2.45, 2.75) is 65.9 Å². The quantitative estimate of drug-likeness (QED) is 0.323. The van der Waals surface area contributed by atoms with Crippen molar-refractivity contribution in [1.82, 2.24) is 0 Å². The van der Waals surface area contributed by atoms with Gasteiger partial charge in [0.2, 0.25) is 0 Å². The number of phenols is 2. The van der Waals surface area contributed by atoms with Gasteiger partial charge in [-0.15, -0.1) is 0 Å². The Balaban J connectivity index is 2.22. The summed E-state index contributed by atoms with van der Waals surface area (Å²) >= 11 is 0. The van der Waals surface area contributed by atoms with E-state index < -0.39 is 30.7 Å². The molecule has 1 heterocycles. The van der Waals surface area contributed by atoms with Crippen LogP contribution in [-0.2, 0) is 9.53 Å². The zero-order valence-corrected chi connectivity index (χ0v) is 18.8. The third-order valence-electron chi connectivity index (χ3n) is 7.29. The van der Waals surface area contributed by atoms with Crippen molar-refractivity contribution in [3.05, 3.63) is 18.2 Å². The van der Waals surface area contributed by atoms with Crippen molar-refractivity contribution >= 4 is 24.1 Å². The first kappa shape index (κ1) is 23.5. The van der Waals surface area contributed by atoms with Crippen LogP contribution in [0.25, 0.3) is 5.57 Å². The summed E-state index contributed by atoms with van der Waals surface area (Å²) in [5.41, 5.74) is 0.470. The second kappa shape index (κ2) is 8.39. The molecule has 1 aliphatic heterocycles. The molecule has 0 saturated heterocycles. The summed E-state index contributed by atoms with van der Waals surface area (Å²) in [6.45, 7) is 12.3. The Morgan fingerprint density at radius 2 is 1.90 bits per heavy atom. The van der Waals surface area contributed by atoms with Gasteiger partial charge in [0.15, 0.2) is 11.5 Å². The second-order valence-electron chi connectivity index (χ2n) is 9.82. The number of carbonyl (C=O) groups excluding carboxylic acids is 1. The van der Waals surface area contributed by atoms with Crippen LogP contribution in [0.15, 0.2) is 12.6 Å². The van der Waals surface area contributed by atoms with Gasteiger partial charge >= 0.3 is 13.1 Å². The summed E-state index contributed by atoms with van der Waals surface area (Å²) < 4.78 is 11.4. The third-order valence-corrected chi connectivity index (χ3v) is 7.29. The van der Waals surface area contributed by atoms with Crippen molar-refractivity contribution in [1.29, 1.82) is 0 Å². The fraction of sp³-hybridized carbons (Fsp3) is 0.609. The molecule has 0 spiro atoms. The molecule has 0 radical (unpaired) electrons. The highest BCUT2D eigenvalue weighted by atomic mass is 16.6. The maximum Gasteiger partial charge on any atom is 0.496 e. The van der Waals surface area contributed by atoms with Gasteiger partial charge in [-0.3, -0.25) is 4.79 Å². The number of fused-ring (bicyclic) bond motifs is 2. The van der Waals surface area contributed by atoms with Gasteiger partial charge in [0.05, 0.1) is 5.46 Å². The summed E-state index contributed by atoms with van der Waals surface area (Å²) in [4.78, 5) is 11.7. The number of aromatic hydroxyl groups is 2. The molecule has 0 aromatic heterocycles. The van der Waals surface area contributed by atoms with E-state index in [1.54, 1.807) is 0 Å². The third kappa shape index (κ3) is 4.28. The van der Waals surface area contributed by atoms with Crippen LogP contribution in [0.2, 0.25) is 0 Å². The number of rotatable bonds is 2. The van der Waals surface area contributed by atoms with Gasteiger partial charge in [-0.2, -0.15) is 0 Å². The fourth-order valence-electron chi connectivity index (χ4n) is 5.72. The molecule has 1 aliphatic carbocycles. The lowest BCUT2D eigenvalue weighted by Crippen LogP contribution is -2.44. The Bertz CT molecular complexity index is 879. The number of phenolic OH excluding ortho intramolecular Hbond substituents is 2. The average molecular weight is 432 g/mol. The maximum absolute atomic E-state index is 11.7. The first-order valence-electron chi connectivity index (χ1n) is 10.8. The molecule has 0 amide bonds. The van der Waals surface area contributed by atoms with E-state index >= 15 is 0 Å². The van der Waals surface area contributed by atoms with E-state index in [9.17, 15) is 25.1 Å². The summed E-state index contributed by atoms with van der Waals surface area (Å²) in [6, 6.07) is 1.37. The molecule has 1 fully saturated rings. The molecule has 3 atom stereocenters. The lowest BCUT2D eigenvalue weighted by molar-refractivity contribution is -0.148. The van der Waals surface area contributed by atoms with E-state index in [4.69, 9.17) is 9.47 Å². The van der Waals surface area contributed by atoms with E-state index in [1.807, 2.05) is 0 Å². The second-order valence-corrected chi connectivity index (χ2v) is 9.82. The summed E-state index contributed by atoms with van der Waals surface area (Å²) in [5.74, 6) is -1.30. The number of hydrogen-bond acceptors (Lipinski definition) is 7. The smallest absolute Gasteiger partial charge is 0.496 e. The van der Waals surface area contributed by atoms with E-state index in [0.717, 1.165) is 31.3 Å². The monoisotopic (exact) mass is 432 g/mol. The molecule has 31 heavy (non-hydrogen) atoms. The molecule has 8 heteroatoms. The lowest BCUT2D eigenvalue weighted by atomic mass is 9.52. The standard InChI is InChI=1S/C23H33BO7/c1-13-16-11-17(26)20(27)19(24(28)29)21(16)30-12-15(31-14(2)25)7-8-18-22(3,4)9-6-10-23(13,18)5/h11,15,18,26-29H,1,6-10,12H2,2-5H3/t15?,18-,23+/m1/s1. The first-order chi connectivity index (χ1) is 14.4. The van der Waals surface area contributed by atoms with Gasteiger partial charge < -0.3 is 29.7 Å². The number of allylic oxidation sites excluding steroid dienone is 1. The zero-order valence-electron chi connectivity index (χ0n) is 18.8. The van der Waals surface area contributed by atoms with Gasteiger partial charge in [0.25, 0.3) is 0 Å². The molecule has 170 valence electrons. The van der Waals surface area contributed by atoms with Crippen LogP contribution in [-0.4, -0.2) is 46.1 Å². The number of hydrogen-bond donors (Lipinski definition) is 4. The van der Waals surface area contributed by atoms with Crippen LogP contribution in [0.4, 0.5) is 0 Å².